The van der Waals surface area contributed by atoms with E-state index in [4.69, 9.17) is 23.8 Å². The van der Waals surface area contributed by atoms with Crippen LogP contribution < -0.4 is 10.6 Å². The van der Waals surface area contributed by atoms with Crippen molar-refractivity contribution in [3.63, 3.8) is 0 Å². The van der Waals surface area contributed by atoms with Crippen LogP contribution >= 0.6 is 35.4 Å². The molecule has 0 spiro atoms. The quantitative estimate of drug-likeness (QED) is 0.675. The van der Waals surface area contributed by atoms with Crippen molar-refractivity contribution >= 4 is 51.8 Å². The molecule has 0 aliphatic carbocycles. The largest absolute Gasteiger partial charge is 0.332 e. The minimum absolute atomic E-state index is 0.483. The van der Waals surface area contributed by atoms with Crippen LogP contribution in [-0.4, -0.2) is 14.7 Å². The second-order valence-electron chi connectivity index (χ2n) is 4.43. The van der Waals surface area contributed by atoms with Crippen molar-refractivity contribution in [1.82, 2.24) is 9.59 Å². The molecule has 7 heteroatoms. The Bertz CT molecular complexity index is 773. The lowest BCUT2D eigenvalue weighted by atomic mass is 10.1. The summed E-state index contributed by atoms with van der Waals surface area (Å²) in [6.45, 7) is 0. The summed E-state index contributed by atoms with van der Waals surface area (Å²) in [5.41, 5.74) is 3.54. The second-order valence-corrected chi connectivity index (χ2v) is 5.85. The summed E-state index contributed by atoms with van der Waals surface area (Å²) in [5.74, 6) is 0. The molecule has 0 amide bonds. The lowest BCUT2D eigenvalue weighted by molar-refractivity contribution is 1.16. The first-order valence-corrected chi connectivity index (χ1v) is 8.05. The van der Waals surface area contributed by atoms with Crippen LogP contribution in [0.4, 0.5) is 11.4 Å². The Morgan fingerprint density at radius 1 is 1.05 bits per heavy atom. The third kappa shape index (κ3) is 3.59. The summed E-state index contributed by atoms with van der Waals surface area (Å²) in [4.78, 5) is 0. The zero-order valence-corrected chi connectivity index (χ0v) is 13.7. The molecule has 0 atom stereocenters. The summed E-state index contributed by atoms with van der Waals surface area (Å²) in [6.07, 6.45) is 0. The van der Waals surface area contributed by atoms with Crippen LogP contribution in [0.1, 0.15) is 0 Å². The minimum Gasteiger partial charge on any atom is -0.332 e. The maximum Gasteiger partial charge on any atom is 0.175 e. The first-order chi connectivity index (χ1) is 10.7. The van der Waals surface area contributed by atoms with Crippen LogP contribution in [0.5, 0.6) is 0 Å². The molecule has 0 saturated carbocycles. The van der Waals surface area contributed by atoms with Gasteiger partial charge >= 0.3 is 0 Å². The molecule has 3 aromatic rings. The number of rotatable bonds is 3. The number of hydrogen-bond donors (Lipinski definition) is 2. The number of benzene rings is 2. The lowest BCUT2D eigenvalue weighted by Gasteiger charge is -2.11. The Morgan fingerprint density at radius 3 is 2.50 bits per heavy atom. The van der Waals surface area contributed by atoms with Gasteiger partial charge < -0.3 is 10.6 Å². The molecule has 0 aliphatic heterocycles. The van der Waals surface area contributed by atoms with Gasteiger partial charge in [-0.05, 0) is 48.0 Å². The summed E-state index contributed by atoms with van der Waals surface area (Å²) >= 11 is 12.7. The van der Waals surface area contributed by atoms with Gasteiger partial charge in [-0.15, -0.1) is 5.10 Å². The highest BCUT2D eigenvalue weighted by molar-refractivity contribution is 7.80. The summed E-state index contributed by atoms with van der Waals surface area (Å²) in [6, 6.07) is 15.3. The van der Waals surface area contributed by atoms with Gasteiger partial charge in [0.15, 0.2) is 5.11 Å². The average Bonchev–Trinajstić information content (AvgIpc) is 3.05. The van der Waals surface area contributed by atoms with Crippen LogP contribution in [0, 0.1) is 0 Å². The fourth-order valence-corrected chi connectivity index (χ4v) is 2.74. The van der Waals surface area contributed by atoms with Gasteiger partial charge in [-0.2, -0.15) is 0 Å². The van der Waals surface area contributed by atoms with E-state index in [9.17, 15) is 0 Å². The molecule has 2 N–H and O–H groups in total. The molecule has 110 valence electrons. The molecule has 0 unspecified atom stereocenters. The van der Waals surface area contributed by atoms with Crippen molar-refractivity contribution in [2.45, 2.75) is 0 Å². The van der Waals surface area contributed by atoms with E-state index < -0.39 is 0 Å². The number of thiocarbonyl (C=S) groups is 1. The molecule has 22 heavy (non-hydrogen) atoms. The van der Waals surface area contributed by atoms with Crippen LogP contribution in [0.3, 0.4) is 0 Å². The number of aromatic nitrogens is 2. The summed E-state index contributed by atoms with van der Waals surface area (Å²) < 4.78 is 3.86. The smallest absolute Gasteiger partial charge is 0.175 e. The molecule has 4 nitrogen and oxygen atoms in total. The number of hydrogen-bond acceptors (Lipinski definition) is 4. The third-order valence-corrected chi connectivity index (χ3v) is 3.96. The lowest BCUT2D eigenvalue weighted by Crippen LogP contribution is -2.19. The minimum atomic E-state index is 0.483. The monoisotopic (exact) mass is 346 g/mol. The molecule has 0 aliphatic rings. The van der Waals surface area contributed by atoms with Crippen molar-refractivity contribution in [2.24, 2.45) is 0 Å². The topological polar surface area (TPSA) is 49.8 Å². The molecular weight excluding hydrogens is 336 g/mol. The highest BCUT2D eigenvalue weighted by Gasteiger charge is 2.04. The molecule has 3 rings (SSSR count). The number of nitrogens with zero attached hydrogens (tertiary/aromatic N) is 2. The average molecular weight is 347 g/mol. The van der Waals surface area contributed by atoms with E-state index in [-0.39, 0.29) is 0 Å². The van der Waals surface area contributed by atoms with E-state index in [1.807, 2.05) is 53.9 Å². The van der Waals surface area contributed by atoms with Crippen LogP contribution in [-0.2, 0) is 0 Å². The zero-order chi connectivity index (χ0) is 15.4. The van der Waals surface area contributed by atoms with Gasteiger partial charge in [0, 0.05) is 16.6 Å². The Kier molecular flexibility index (Phi) is 4.62. The Balaban J connectivity index is 1.66. The van der Waals surface area contributed by atoms with Crippen LogP contribution in [0.2, 0.25) is 5.02 Å². The van der Waals surface area contributed by atoms with Gasteiger partial charge in [-0.3, -0.25) is 0 Å². The predicted molar refractivity (Wildman–Crippen MR) is 96.6 cm³/mol. The van der Waals surface area contributed by atoms with Gasteiger partial charge in [0.05, 0.1) is 10.7 Å². The van der Waals surface area contributed by atoms with Crippen molar-refractivity contribution in [1.29, 1.82) is 0 Å². The summed E-state index contributed by atoms with van der Waals surface area (Å²) in [5, 5.41) is 13.2. The summed E-state index contributed by atoms with van der Waals surface area (Å²) in [7, 11) is 0. The second kappa shape index (κ2) is 6.83. The molecule has 0 radical (unpaired) electrons. The molecule has 0 bridgehead atoms. The first-order valence-electron chi connectivity index (χ1n) is 6.42. The van der Waals surface area contributed by atoms with Crippen LogP contribution in [0.25, 0.3) is 11.3 Å². The van der Waals surface area contributed by atoms with Gasteiger partial charge in [0.1, 0.15) is 5.69 Å². The number of anilines is 2. The highest BCUT2D eigenvalue weighted by atomic mass is 35.5. The van der Waals surface area contributed by atoms with E-state index in [0.29, 0.717) is 10.1 Å². The number of nitrogens with one attached hydrogen (secondary N) is 2. The maximum atomic E-state index is 6.09. The Hall–Kier alpha value is -2.02. The zero-order valence-electron chi connectivity index (χ0n) is 11.3. The maximum absolute atomic E-state index is 6.09. The predicted octanol–water partition coefficient (Wildman–Crippen LogP) is 4.67. The van der Waals surface area contributed by atoms with Gasteiger partial charge in [0.25, 0.3) is 0 Å². The molecule has 0 saturated heterocycles. The van der Waals surface area contributed by atoms with E-state index in [1.165, 1.54) is 11.5 Å². The first kappa shape index (κ1) is 14.9. The molecular formula is C15H11ClN4S2. The Morgan fingerprint density at radius 2 is 1.82 bits per heavy atom. The molecule has 2 aromatic carbocycles. The Labute approximate surface area is 142 Å². The number of para-hydroxylation sites is 1. The van der Waals surface area contributed by atoms with Crippen molar-refractivity contribution < 1.29 is 0 Å². The van der Waals surface area contributed by atoms with Crippen LogP contribution in [0.15, 0.2) is 53.9 Å². The van der Waals surface area contributed by atoms with Gasteiger partial charge in [-0.1, -0.05) is 40.4 Å². The van der Waals surface area contributed by atoms with E-state index >= 15 is 0 Å². The third-order valence-electron chi connectivity index (χ3n) is 2.92. The fourth-order valence-electron chi connectivity index (χ4n) is 1.86. The highest BCUT2D eigenvalue weighted by Crippen LogP contribution is 2.22. The fraction of sp³-hybridized carbons (Fsp3) is 0. The van der Waals surface area contributed by atoms with Gasteiger partial charge in [-0.25, -0.2) is 0 Å². The number of halogens is 1. The molecule has 1 heterocycles. The van der Waals surface area contributed by atoms with E-state index in [2.05, 4.69) is 20.2 Å². The van der Waals surface area contributed by atoms with Crippen molar-refractivity contribution in [2.75, 3.05) is 10.6 Å². The van der Waals surface area contributed by atoms with Crippen molar-refractivity contribution in [3.8, 4) is 11.3 Å². The SMILES string of the molecule is S=C(Nc1ccc(-c2csnn2)cc1)Nc1ccccc1Cl. The van der Waals surface area contributed by atoms with E-state index in [0.717, 1.165) is 22.6 Å². The van der Waals surface area contributed by atoms with Gasteiger partial charge in [0.2, 0.25) is 0 Å². The van der Waals surface area contributed by atoms with Crippen molar-refractivity contribution in [3.05, 3.63) is 58.9 Å². The molecule has 1 aromatic heterocycles. The normalized spacial score (nSPS) is 10.2. The molecule has 0 fully saturated rings. The standard InChI is InChI=1S/C15H11ClN4S2/c16-12-3-1-2-4-13(12)18-15(21)17-11-7-5-10(6-8-11)14-9-22-20-19-14/h1-9H,(H2,17,18,21). The van der Waals surface area contributed by atoms with E-state index in [1.54, 1.807) is 0 Å².